The molecule has 0 aromatic carbocycles. The van der Waals surface area contributed by atoms with Crippen LogP contribution in [0.2, 0.25) is 0 Å². The van der Waals surface area contributed by atoms with Gasteiger partial charge < -0.3 is 5.11 Å². The zero-order valence-electron chi connectivity index (χ0n) is 7.25. The monoisotopic (exact) mass is 274 g/mol. The first-order valence-corrected chi connectivity index (χ1v) is 5.40. The Hall–Kier alpha value is -0.790. The fourth-order valence-corrected chi connectivity index (χ4v) is 2.25. The highest BCUT2D eigenvalue weighted by Crippen LogP contribution is 2.27. The predicted octanol–water partition coefficient (Wildman–Crippen LogP) is 1.12. The molecule has 0 radical (unpaired) electrons. The van der Waals surface area contributed by atoms with Gasteiger partial charge in [-0.3, -0.25) is 0 Å². The van der Waals surface area contributed by atoms with Crippen molar-refractivity contribution in [3.63, 3.8) is 0 Å². The van der Waals surface area contributed by atoms with Crippen LogP contribution in [0.4, 0.5) is 0 Å². The number of aliphatic hydroxyl groups is 1. The molecular formula is C7H7BrN4OS. The van der Waals surface area contributed by atoms with E-state index in [0.717, 1.165) is 4.88 Å². The average Bonchev–Trinajstić information content (AvgIpc) is 2.75. The van der Waals surface area contributed by atoms with E-state index in [-0.39, 0.29) is 0 Å². The topological polar surface area (TPSA) is 63.8 Å². The van der Waals surface area contributed by atoms with E-state index in [0.29, 0.717) is 10.3 Å². The third-order valence-corrected chi connectivity index (χ3v) is 3.18. The fraction of sp³-hybridized carbons (Fsp3) is 0.286. The van der Waals surface area contributed by atoms with E-state index in [4.69, 9.17) is 0 Å². The van der Waals surface area contributed by atoms with Crippen molar-refractivity contribution in [2.75, 3.05) is 0 Å². The van der Waals surface area contributed by atoms with Gasteiger partial charge in [-0.05, 0) is 33.5 Å². The zero-order valence-corrected chi connectivity index (χ0v) is 9.66. The van der Waals surface area contributed by atoms with Crippen LogP contribution in [0.5, 0.6) is 0 Å². The van der Waals surface area contributed by atoms with E-state index in [2.05, 4.69) is 30.6 Å². The maximum absolute atomic E-state index is 9.97. The van der Waals surface area contributed by atoms with Crippen molar-refractivity contribution in [3.05, 3.63) is 27.4 Å². The molecule has 74 valence electrons. The molecule has 7 heteroatoms. The summed E-state index contributed by atoms with van der Waals surface area (Å²) >= 11 is 4.49. The van der Waals surface area contributed by atoms with Gasteiger partial charge in [-0.15, -0.1) is 5.10 Å². The van der Waals surface area contributed by atoms with Crippen molar-refractivity contribution in [1.29, 1.82) is 0 Å². The number of rotatable bonds is 2. The molecule has 2 aromatic rings. The van der Waals surface area contributed by atoms with Crippen LogP contribution < -0.4 is 0 Å². The summed E-state index contributed by atoms with van der Waals surface area (Å²) in [6.07, 6.45) is 0.929. The average molecular weight is 275 g/mol. The van der Waals surface area contributed by atoms with Crippen molar-refractivity contribution >= 4 is 27.5 Å². The van der Waals surface area contributed by atoms with Crippen molar-refractivity contribution < 1.29 is 5.11 Å². The third kappa shape index (κ3) is 1.58. The standard InChI is InChI=1S/C7H7BrN4OS/c1-12-5(7(8)10-11-12)6(13)4-2-3-9-14-4/h2-3,6,13H,1H3. The van der Waals surface area contributed by atoms with Gasteiger partial charge in [-0.1, -0.05) is 5.21 Å². The van der Waals surface area contributed by atoms with Gasteiger partial charge in [0, 0.05) is 13.2 Å². The van der Waals surface area contributed by atoms with Gasteiger partial charge in [0.25, 0.3) is 0 Å². The van der Waals surface area contributed by atoms with E-state index >= 15 is 0 Å². The minimum atomic E-state index is -0.725. The van der Waals surface area contributed by atoms with Gasteiger partial charge >= 0.3 is 0 Å². The molecule has 1 atom stereocenters. The molecule has 0 saturated heterocycles. The molecule has 1 N–H and O–H groups in total. The van der Waals surface area contributed by atoms with E-state index in [9.17, 15) is 5.11 Å². The van der Waals surface area contributed by atoms with Crippen LogP contribution in [-0.4, -0.2) is 24.5 Å². The SMILES string of the molecule is Cn1nnc(Br)c1C(O)c1ccns1. The molecule has 0 aliphatic heterocycles. The summed E-state index contributed by atoms with van der Waals surface area (Å²) < 4.78 is 6.02. The van der Waals surface area contributed by atoms with Gasteiger partial charge in [0.2, 0.25) is 0 Å². The van der Waals surface area contributed by atoms with Crippen molar-refractivity contribution in [3.8, 4) is 0 Å². The Morgan fingerprint density at radius 1 is 1.64 bits per heavy atom. The normalized spacial score (nSPS) is 13.1. The molecule has 5 nitrogen and oxygen atoms in total. The van der Waals surface area contributed by atoms with Crippen LogP contribution in [0.3, 0.4) is 0 Å². The summed E-state index contributed by atoms with van der Waals surface area (Å²) in [7, 11) is 1.73. The largest absolute Gasteiger partial charge is 0.381 e. The number of hydrogen-bond acceptors (Lipinski definition) is 5. The van der Waals surface area contributed by atoms with Gasteiger partial charge in [-0.25, -0.2) is 9.06 Å². The summed E-state index contributed by atoms with van der Waals surface area (Å²) in [5.41, 5.74) is 0.634. The molecule has 0 spiro atoms. The summed E-state index contributed by atoms with van der Waals surface area (Å²) in [5, 5.41) is 17.6. The van der Waals surface area contributed by atoms with Gasteiger partial charge in [0.15, 0.2) is 4.60 Å². The van der Waals surface area contributed by atoms with Crippen molar-refractivity contribution in [2.45, 2.75) is 6.10 Å². The highest BCUT2D eigenvalue weighted by atomic mass is 79.9. The lowest BCUT2D eigenvalue weighted by Crippen LogP contribution is -2.05. The number of nitrogens with zero attached hydrogens (tertiary/aromatic N) is 4. The van der Waals surface area contributed by atoms with E-state index in [1.807, 2.05) is 0 Å². The number of hydrogen-bond donors (Lipinski definition) is 1. The van der Waals surface area contributed by atoms with Crippen LogP contribution in [0, 0.1) is 0 Å². The molecule has 2 rings (SSSR count). The van der Waals surface area contributed by atoms with Crippen LogP contribution >= 0.6 is 27.5 Å². The molecule has 14 heavy (non-hydrogen) atoms. The smallest absolute Gasteiger partial charge is 0.154 e. The molecule has 2 aromatic heterocycles. The fourth-order valence-electron chi connectivity index (χ4n) is 1.13. The van der Waals surface area contributed by atoms with Gasteiger partial charge in [-0.2, -0.15) is 0 Å². The van der Waals surface area contributed by atoms with E-state index in [1.165, 1.54) is 16.2 Å². The molecule has 0 amide bonds. The Bertz CT molecular complexity index is 407. The quantitative estimate of drug-likeness (QED) is 0.892. The van der Waals surface area contributed by atoms with Crippen LogP contribution in [0.15, 0.2) is 16.9 Å². The Kier molecular flexibility index (Phi) is 2.62. The molecule has 0 saturated carbocycles. The van der Waals surface area contributed by atoms with Crippen LogP contribution in [0.1, 0.15) is 16.7 Å². The lowest BCUT2D eigenvalue weighted by Gasteiger charge is -2.07. The zero-order chi connectivity index (χ0) is 10.1. The summed E-state index contributed by atoms with van der Waals surface area (Å²) in [5.74, 6) is 0. The highest BCUT2D eigenvalue weighted by Gasteiger charge is 2.20. The molecule has 0 fully saturated rings. The van der Waals surface area contributed by atoms with Crippen molar-refractivity contribution in [1.82, 2.24) is 19.4 Å². The molecular weight excluding hydrogens is 268 g/mol. The second-order valence-electron chi connectivity index (χ2n) is 2.71. The molecule has 0 bridgehead atoms. The maximum Gasteiger partial charge on any atom is 0.154 e. The Morgan fingerprint density at radius 2 is 2.43 bits per heavy atom. The lowest BCUT2D eigenvalue weighted by atomic mass is 10.2. The van der Waals surface area contributed by atoms with E-state index in [1.54, 1.807) is 19.3 Å². The number of aryl methyl sites for hydroxylation is 1. The Morgan fingerprint density at radius 3 is 2.93 bits per heavy atom. The van der Waals surface area contributed by atoms with E-state index < -0.39 is 6.10 Å². The highest BCUT2D eigenvalue weighted by molar-refractivity contribution is 9.10. The Balaban J connectivity index is 2.41. The first-order valence-electron chi connectivity index (χ1n) is 3.84. The summed E-state index contributed by atoms with van der Waals surface area (Å²) in [4.78, 5) is 0.774. The molecule has 2 heterocycles. The predicted molar refractivity (Wildman–Crippen MR) is 54.9 cm³/mol. The Labute approximate surface area is 92.7 Å². The molecule has 1 unspecified atom stereocenters. The number of aliphatic hydroxyl groups excluding tert-OH is 1. The van der Waals surface area contributed by atoms with Gasteiger partial charge in [0.05, 0.1) is 4.88 Å². The first kappa shape index (κ1) is 9.75. The number of halogens is 1. The number of aromatic nitrogens is 4. The lowest BCUT2D eigenvalue weighted by molar-refractivity contribution is 0.212. The summed E-state index contributed by atoms with van der Waals surface area (Å²) in [6.45, 7) is 0. The first-order chi connectivity index (χ1) is 6.70. The summed E-state index contributed by atoms with van der Waals surface area (Å²) in [6, 6.07) is 1.77. The minimum Gasteiger partial charge on any atom is -0.381 e. The maximum atomic E-state index is 9.97. The minimum absolute atomic E-state index is 0.556. The van der Waals surface area contributed by atoms with Crippen LogP contribution in [-0.2, 0) is 7.05 Å². The van der Waals surface area contributed by atoms with Gasteiger partial charge in [0.1, 0.15) is 11.8 Å². The second kappa shape index (κ2) is 3.76. The molecule has 0 aliphatic rings. The molecule has 0 aliphatic carbocycles. The second-order valence-corrected chi connectivity index (χ2v) is 4.32. The third-order valence-electron chi connectivity index (χ3n) is 1.81. The van der Waals surface area contributed by atoms with Crippen molar-refractivity contribution in [2.24, 2.45) is 7.05 Å². The van der Waals surface area contributed by atoms with Crippen LogP contribution in [0.25, 0.3) is 0 Å².